The molecule has 0 unspecified atom stereocenters. The van der Waals surface area contributed by atoms with E-state index >= 15 is 0 Å². The van der Waals surface area contributed by atoms with Crippen LogP contribution in [0.25, 0.3) is 0 Å². The van der Waals surface area contributed by atoms with E-state index in [-0.39, 0.29) is 5.02 Å². The van der Waals surface area contributed by atoms with E-state index in [9.17, 15) is 8.78 Å². The van der Waals surface area contributed by atoms with Crippen molar-refractivity contribution in [1.29, 1.82) is 5.26 Å². The van der Waals surface area contributed by atoms with Gasteiger partial charge in [-0.1, -0.05) is 11.6 Å². The normalized spacial score (nSPS) is 9.27. The van der Waals surface area contributed by atoms with Gasteiger partial charge in [-0.3, -0.25) is 0 Å². The molecule has 1 heterocycles. The SMILES string of the molecule is N#Cc1c(Cl)cnc(F)c1F. The first-order valence-electron chi connectivity index (χ1n) is 2.56. The van der Waals surface area contributed by atoms with Gasteiger partial charge in [0.1, 0.15) is 11.6 Å². The Kier molecular flexibility index (Phi) is 2.01. The van der Waals surface area contributed by atoms with Crippen LogP contribution in [0, 0.1) is 23.1 Å². The average Bonchev–Trinajstić information content (AvgIpc) is 1.99. The van der Waals surface area contributed by atoms with E-state index in [0.717, 1.165) is 6.20 Å². The number of aromatic nitrogens is 1. The van der Waals surface area contributed by atoms with E-state index in [2.05, 4.69) is 4.98 Å². The van der Waals surface area contributed by atoms with Gasteiger partial charge < -0.3 is 0 Å². The van der Waals surface area contributed by atoms with Crippen molar-refractivity contribution in [2.45, 2.75) is 0 Å². The van der Waals surface area contributed by atoms with Crippen molar-refractivity contribution in [2.24, 2.45) is 0 Å². The fraction of sp³-hybridized carbons (Fsp3) is 0. The zero-order chi connectivity index (χ0) is 8.43. The highest BCUT2D eigenvalue weighted by Crippen LogP contribution is 2.17. The number of rotatable bonds is 0. The molecule has 0 N–H and O–H groups in total. The minimum absolute atomic E-state index is 0.189. The van der Waals surface area contributed by atoms with Gasteiger partial charge in [-0.25, -0.2) is 9.37 Å². The first-order chi connectivity index (χ1) is 5.16. The van der Waals surface area contributed by atoms with Crippen molar-refractivity contribution < 1.29 is 8.78 Å². The van der Waals surface area contributed by atoms with Gasteiger partial charge in [0.05, 0.1) is 11.2 Å². The summed E-state index contributed by atoms with van der Waals surface area (Å²) < 4.78 is 24.8. The molecule has 11 heavy (non-hydrogen) atoms. The van der Waals surface area contributed by atoms with E-state index in [1.807, 2.05) is 0 Å². The molecule has 0 fully saturated rings. The Bertz CT molecular complexity index is 332. The molecule has 0 bridgehead atoms. The molecule has 0 saturated heterocycles. The zero-order valence-corrected chi connectivity index (χ0v) is 5.86. The second-order valence-electron chi connectivity index (χ2n) is 1.70. The molecule has 0 radical (unpaired) electrons. The smallest absolute Gasteiger partial charge is 0.224 e. The van der Waals surface area contributed by atoms with Gasteiger partial charge in [-0.15, -0.1) is 0 Å². The number of nitriles is 1. The molecule has 0 aliphatic carbocycles. The minimum Gasteiger partial charge on any atom is -0.224 e. The molecule has 0 amide bonds. The van der Waals surface area contributed by atoms with Crippen molar-refractivity contribution in [2.75, 3.05) is 0 Å². The molecule has 0 spiro atoms. The molecule has 0 saturated carbocycles. The van der Waals surface area contributed by atoms with Crippen molar-refractivity contribution in [3.05, 3.63) is 28.5 Å². The first kappa shape index (κ1) is 7.89. The number of nitrogens with zero attached hydrogens (tertiary/aromatic N) is 2. The van der Waals surface area contributed by atoms with Crippen LogP contribution in [0.15, 0.2) is 6.20 Å². The van der Waals surface area contributed by atoms with Gasteiger partial charge >= 0.3 is 0 Å². The van der Waals surface area contributed by atoms with Crippen LogP contribution in [-0.4, -0.2) is 4.98 Å². The lowest BCUT2D eigenvalue weighted by molar-refractivity contribution is 0.477. The summed E-state index contributed by atoms with van der Waals surface area (Å²) in [7, 11) is 0. The summed E-state index contributed by atoms with van der Waals surface area (Å²) in [5.41, 5.74) is -0.515. The van der Waals surface area contributed by atoms with Gasteiger partial charge in [0.15, 0.2) is 5.82 Å². The maximum Gasteiger partial charge on any atom is 0.250 e. The molecular formula is C6HClF2N2. The van der Waals surface area contributed by atoms with E-state index < -0.39 is 17.3 Å². The summed E-state index contributed by atoms with van der Waals surface area (Å²) in [6.07, 6.45) is 0.887. The summed E-state index contributed by atoms with van der Waals surface area (Å²) in [6, 6.07) is 1.42. The Morgan fingerprint density at radius 1 is 1.55 bits per heavy atom. The molecule has 0 atom stereocenters. The molecule has 1 aromatic rings. The molecular weight excluding hydrogens is 174 g/mol. The highest BCUT2D eigenvalue weighted by molar-refractivity contribution is 6.31. The van der Waals surface area contributed by atoms with E-state index in [1.165, 1.54) is 6.07 Å². The molecule has 0 aliphatic rings. The van der Waals surface area contributed by atoms with Crippen LogP contribution in [0.2, 0.25) is 5.02 Å². The standard InChI is InChI=1S/C6HClF2N2/c7-4-2-11-6(9)5(8)3(4)1-10/h2H. The highest BCUT2D eigenvalue weighted by Gasteiger charge is 2.12. The topological polar surface area (TPSA) is 36.7 Å². The van der Waals surface area contributed by atoms with Crippen LogP contribution in [0.5, 0.6) is 0 Å². The van der Waals surface area contributed by atoms with E-state index in [0.29, 0.717) is 0 Å². The fourth-order valence-corrected chi connectivity index (χ4v) is 0.719. The van der Waals surface area contributed by atoms with Gasteiger partial charge in [-0.05, 0) is 0 Å². The average molecular weight is 175 g/mol. The monoisotopic (exact) mass is 174 g/mol. The largest absolute Gasteiger partial charge is 0.250 e. The summed E-state index contributed by atoms with van der Waals surface area (Å²) in [6.45, 7) is 0. The third-order valence-electron chi connectivity index (χ3n) is 1.04. The summed E-state index contributed by atoms with van der Waals surface area (Å²) in [5.74, 6) is -2.62. The summed E-state index contributed by atoms with van der Waals surface area (Å²) in [5, 5.41) is 8.07. The number of pyridine rings is 1. The molecule has 0 aromatic carbocycles. The molecule has 1 aromatic heterocycles. The number of hydrogen-bond acceptors (Lipinski definition) is 2. The van der Waals surface area contributed by atoms with Gasteiger partial charge in [0.25, 0.3) is 0 Å². The lowest BCUT2D eigenvalue weighted by atomic mass is 10.3. The van der Waals surface area contributed by atoms with Crippen LogP contribution in [0.4, 0.5) is 8.78 Å². The van der Waals surface area contributed by atoms with E-state index in [1.54, 1.807) is 0 Å². The van der Waals surface area contributed by atoms with Crippen LogP contribution < -0.4 is 0 Å². The van der Waals surface area contributed by atoms with Crippen molar-refractivity contribution >= 4 is 11.6 Å². The van der Waals surface area contributed by atoms with Gasteiger partial charge in [-0.2, -0.15) is 9.65 Å². The predicted molar refractivity (Wildman–Crippen MR) is 33.9 cm³/mol. The minimum atomic E-state index is -1.31. The van der Waals surface area contributed by atoms with Gasteiger partial charge in [0.2, 0.25) is 5.95 Å². The maximum atomic E-state index is 12.5. The molecule has 1 rings (SSSR count). The third kappa shape index (κ3) is 1.28. The maximum absolute atomic E-state index is 12.5. The Morgan fingerprint density at radius 3 is 2.64 bits per heavy atom. The fourth-order valence-electron chi connectivity index (χ4n) is 0.545. The molecule has 2 nitrogen and oxygen atoms in total. The Balaban J connectivity index is 3.44. The lowest BCUT2D eigenvalue weighted by Crippen LogP contribution is -1.93. The highest BCUT2D eigenvalue weighted by atomic mass is 35.5. The molecule has 0 aliphatic heterocycles. The van der Waals surface area contributed by atoms with Crippen LogP contribution in [0.3, 0.4) is 0 Å². The van der Waals surface area contributed by atoms with Crippen LogP contribution in [0.1, 0.15) is 5.56 Å². The number of halogens is 3. The zero-order valence-electron chi connectivity index (χ0n) is 5.11. The summed E-state index contributed by atoms with van der Waals surface area (Å²) >= 11 is 5.31. The van der Waals surface area contributed by atoms with Crippen molar-refractivity contribution in [3.8, 4) is 6.07 Å². The second kappa shape index (κ2) is 2.81. The number of hydrogen-bond donors (Lipinski definition) is 0. The second-order valence-corrected chi connectivity index (χ2v) is 2.10. The van der Waals surface area contributed by atoms with Crippen molar-refractivity contribution in [1.82, 2.24) is 4.98 Å². The van der Waals surface area contributed by atoms with Crippen LogP contribution in [-0.2, 0) is 0 Å². The van der Waals surface area contributed by atoms with E-state index in [4.69, 9.17) is 16.9 Å². The Labute approximate surface area is 66.0 Å². The lowest BCUT2D eigenvalue weighted by Gasteiger charge is -1.95. The Morgan fingerprint density at radius 2 is 2.18 bits per heavy atom. The first-order valence-corrected chi connectivity index (χ1v) is 2.94. The molecule has 5 heteroatoms. The van der Waals surface area contributed by atoms with Crippen LogP contribution >= 0.6 is 11.6 Å². The van der Waals surface area contributed by atoms with Gasteiger partial charge in [0, 0.05) is 0 Å². The quantitative estimate of drug-likeness (QED) is 0.563. The predicted octanol–water partition coefficient (Wildman–Crippen LogP) is 1.88. The van der Waals surface area contributed by atoms with Crippen molar-refractivity contribution in [3.63, 3.8) is 0 Å². The Hall–Kier alpha value is -1.21. The summed E-state index contributed by atoms with van der Waals surface area (Å²) in [4.78, 5) is 2.96. The third-order valence-corrected chi connectivity index (χ3v) is 1.33. The molecule has 56 valence electrons.